The molecule has 0 bridgehead atoms. The molecule has 9 heteroatoms. The minimum absolute atomic E-state index is 0.0981. The summed E-state index contributed by atoms with van der Waals surface area (Å²) >= 11 is 2.82. The van der Waals surface area contributed by atoms with Crippen LogP contribution >= 0.6 is 22.7 Å². The molecule has 7 nitrogen and oxygen atoms in total. The molecule has 3 aromatic rings. The van der Waals surface area contributed by atoms with Crippen molar-refractivity contribution in [2.45, 2.75) is 50.7 Å². The number of nitrogens with zero attached hydrogens (tertiary/aromatic N) is 1. The number of carbonyl (C=O) groups is 3. The number of furan rings is 1. The van der Waals surface area contributed by atoms with Gasteiger partial charge in [-0.25, -0.2) is 0 Å². The first-order valence-electron chi connectivity index (χ1n) is 11.1. The molecule has 1 fully saturated rings. The van der Waals surface area contributed by atoms with Crippen LogP contribution in [0.3, 0.4) is 0 Å². The number of hydrogen-bond donors (Lipinski definition) is 2. The average molecular weight is 486 g/mol. The molecule has 3 amide bonds. The molecule has 0 radical (unpaired) electrons. The van der Waals surface area contributed by atoms with Gasteiger partial charge in [-0.05, 0) is 47.9 Å². The number of carbonyl (C=O) groups excluding carboxylic acids is 3. The number of amides is 3. The van der Waals surface area contributed by atoms with Crippen LogP contribution in [-0.2, 0) is 16.1 Å². The van der Waals surface area contributed by atoms with E-state index in [1.54, 1.807) is 24.3 Å². The van der Waals surface area contributed by atoms with Gasteiger partial charge in [0, 0.05) is 10.9 Å². The van der Waals surface area contributed by atoms with Gasteiger partial charge in [0.1, 0.15) is 5.76 Å². The Labute approximate surface area is 200 Å². The molecule has 1 atom stereocenters. The summed E-state index contributed by atoms with van der Waals surface area (Å²) in [7, 11) is 0. The van der Waals surface area contributed by atoms with Gasteiger partial charge in [-0.15, -0.1) is 22.7 Å². The fourth-order valence-corrected chi connectivity index (χ4v) is 5.39. The number of nitrogens with one attached hydrogen (secondary N) is 2. The maximum absolute atomic E-state index is 13.5. The van der Waals surface area contributed by atoms with Crippen molar-refractivity contribution < 1.29 is 18.8 Å². The molecule has 0 unspecified atom stereocenters. The van der Waals surface area contributed by atoms with E-state index in [1.807, 2.05) is 22.9 Å². The van der Waals surface area contributed by atoms with E-state index in [1.165, 1.54) is 40.3 Å². The highest BCUT2D eigenvalue weighted by atomic mass is 32.1. The van der Waals surface area contributed by atoms with E-state index in [-0.39, 0.29) is 36.9 Å². The van der Waals surface area contributed by atoms with E-state index in [0.717, 1.165) is 30.6 Å². The van der Waals surface area contributed by atoms with E-state index in [9.17, 15) is 14.4 Å². The molecule has 0 aromatic carbocycles. The molecule has 4 rings (SSSR count). The van der Waals surface area contributed by atoms with E-state index in [4.69, 9.17) is 4.42 Å². The van der Waals surface area contributed by atoms with Crippen molar-refractivity contribution in [3.8, 4) is 0 Å². The zero-order chi connectivity index (χ0) is 23.0. The molecule has 0 spiro atoms. The highest BCUT2D eigenvalue weighted by Gasteiger charge is 2.35. The number of thiophene rings is 2. The van der Waals surface area contributed by atoms with Gasteiger partial charge in [-0.1, -0.05) is 31.4 Å². The third kappa shape index (κ3) is 6.11. The smallest absolute Gasteiger partial charge is 0.261 e. The summed E-state index contributed by atoms with van der Waals surface area (Å²) in [4.78, 5) is 42.2. The SMILES string of the molecule is O=C(NCC(=O)N(Cc1cccs1)[C@@H](C(=O)NC1CCCCC1)c1ccco1)c1cccs1. The van der Waals surface area contributed by atoms with Crippen LogP contribution in [0.1, 0.15) is 58.5 Å². The molecule has 1 aliphatic carbocycles. The van der Waals surface area contributed by atoms with Crippen molar-refractivity contribution in [2.75, 3.05) is 6.54 Å². The highest BCUT2D eigenvalue weighted by molar-refractivity contribution is 7.12. The number of hydrogen-bond acceptors (Lipinski definition) is 6. The topological polar surface area (TPSA) is 91.7 Å². The van der Waals surface area contributed by atoms with E-state index < -0.39 is 6.04 Å². The van der Waals surface area contributed by atoms with Gasteiger partial charge in [0.15, 0.2) is 6.04 Å². The molecule has 3 heterocycles. The summed E-state index contributed by atoms with van der Waals surface area (Å²) in [6, 6.07) is 9.92. The third-order valence-electron chi connectivity index (χ3n) is 5.70. The van der Waals surface area contributed by atoms with E-state index >= 15 is 0 Å². The second kappa shape index (κ2) is 11.3. The maximum atomic E-state index is 13.5. The van der Waals surface area contributed by atoms with Crippen LogP contribution < -0.4 is 10.6 Å². The van der Waals surface area contributed by atoms with Crippen LogP contribution in [0.4, 0.5) is 0 Å². The van der Waals surface area contributed by atoms with Gasteiger partial charge in [0.05, 0.1) is 24.2 Å². The Morgan fingerprint density at radius 3 is 2.48 bits per heavy atom. The molecule has 174 valence electrons. The van der Waals surface area contributed by atoms with Gasteiger partial charge in [-0.2, -0.15) is 0 Å². The lowest BCUT2D eigenvalue weighted by Crippen LogP contribution is -2.49. The second-order valence-corrected chi connectivity index (χ2v) is 10.0. The fraction of sp³-hybridized carbons (Fsp3) is 0.375. The van der Waals surface area contributed by atoms with Crippen LogP contribution in [0.5, 0.6) is 0 Å². The highest BCUT2D eigenvalue weighted by Crippen LogP contribution is 2.27. The maximum Gasteiger partial charge on any atom is 0.261 e. The van der Waals surface area contributed by atoms with Gasteiger partial charge >= 0.3 is 0 Å². The lowest BCUT2D eigenvalue weighted by Gasteiger charge is -2.32. The van der Waals surface area contributed by atoms with Crippen molar-refractivity contribution in [3.05, 3.63) is 68.9 Å². The van der Waals surface area contributed by atoms with Crippen molar-refractivity contribution in [1.82, 2.24) is 15.5 Å². The van der Waals surface area contributed by atoms with Crippen LogP contribution in [-0.4, -0.2) is 35.2 Å². The molecule has 1 saturated carbocycles. The van der Waals surface area contributed by atoms with Gasteiger partial charge < -0.3 is 20.0 Å². The van der Waals surface area contributed by atoms with Crippen molar-refractivity contribution in [2.24, 2.45) is 0 Å². The Balaban J connectivity index is 1.55. The van der Waals surface area contributed by atoms with Gasteiger partial charge in [-0.3, -0.25) is 14.4 Å². The Morgan fingerprint density at radius 2 is 1.82 bits per heavy atom. The summed E-state index contributed by atoms with van der Waals surface area (Å²) in [5.74, 6) is -0.520. The predicted octanol–water partition coefficient (Wildman–Crippen LogP) is 4.35. The molecule has 1 aliphatic rings. The van der Waals surface area contributed by atoms with E-state index in [0.29, 0.717) is 10.6 Å². The Bertz CT molecular complexity index is 1030. The molecule has 0 aliphatic heterocycles. The zero-order valence-corrected chi connectivity index (χ0v) is 19.8. The normalized spacial score (nSPS) is 15.0. The fourth-order valence-electron chi connectivity index (χ4n) is 4.04. The first-order valence-corrected chi connectivity index (χ1v) is 12.8. The van der Waals surface area contributed by atoms with Crippen molar-refractivity contribution in [3.63, 3.8) is 0 Å². The summed E-state index contributed by atoms with van der Waals surface area (Å²) in [6.45, 7) is 0.0326. The van der Waals surface area contributed by atoms with Crippen LogP contribution in [0.15, 0.2) is 57.8 Å². The average Bonchev–Trinajstić information content (AvgIpc) is 3.61. The lowest BCUT2D eigenvalue weighted by atomic mass is 9.95. The quantitative estimate of drug-likeness (QED) is 0.471. The largest absolute Gasteiger partial charge is 0.467 e. The molecule has 33 heavy (non-hydrogen) atoms. The van der Waals surface area contributed by atoms with Crippen LogP contribution in [0, 0.1) is 0 Å². The number of rotatable bonds is 9. The Morgan fingerprint density at radius 1 is 1.03 bits per heavy atom. The minimum Gasteiger partial charge on any atom is -0.467 e. The molecule has 3 aromatic heterocycles. The molecule has 0 saturated heterocycles. The van der Waals surface area contributed by atoms with Crippen molar-refractivity contribution in [1.29, 1.82) is 0 Å². The predicted molar refractivity (Wildman–Crippen MR) is 128 cm³/mol. The second-order valence-electron chi connectivity index (χ2n) is 8.02. The summed E-state index contributed by atoms with van der Waals surface area (Å²) in [6.07, 6.45) is 6.73. The minimum atomic E-state index is -0.921. The van der Waals surface area contributed by atoms with Crippen LogP contribution in [0.25, 0.3) is 0 Å². The van der Waals surface area contributed by atoms with E-state index in [2.05, 4.69) is 10.6 Å². The monoisotopic (exact) mass is 485 g/mol. The Kier molecular flexibility index (Phi) is 7.96. The molecular weight excluding hydrogens is 458 g/mol. The molecular formula is C24H27N3O4S2. The third-order valence-corrected chi connectivity index (χ3v) is 7.43. The van der Waals surface area contributed by atoms with Gasteiger partial charge in [0.25, 0.3) is 11.8 Å². The lowest BCUT2D eigenvalue weighted by molar-refractivity contribution is -0.141. The van der Waals surface area contributed by atoms with Crippen LogP contribution in [0.2, 0.25) is 0 Å². The Hall–Kier alpha value is -2.91. The standard InChI is InChI=1S/C24H27N3O4S2/c28-21(15-25-23(29)20-11-6-14-33-20)27(16-18-9-5-13-32-18)22(19-10-4-12-31-19)24(30)26-17-7-2-1-3-8-17/h4-6,9-14,17,22H,1-3,7-8,15-16H2,(H,25,29)(H,26,30)/t22-/m1/s1. The summed E-state index contributed by atoms with van der Waals surface area (Å²) < 4.78 is 5.60. The first-order chi connectivity index (χ1) is 16.1. The van der Waals surface area contributed by atoms with Crippen molar-refractivity contribution >= 4 is 40.4 Å². The summed E-state index contributed by atoms with van der Waals surface area (Å²) in [5, 5.41) is 9.56. The molecule has 2 N–H and O–H groups in total. The first kappa shape index (κ1) is 23.3. The van der Waals surface area contributed by atoms with Gasteiger partial charge in [0.2, 0.25) is 5.91 Å². The summed E-state index contributed by atoms with van der Waals surface area (Å²) in [5.41, 5.74) is 0. The zero-order valence-electron chi connectivity index (χ0n) is 18.2.